The van der Waals surface area contributed by atoms with E-state index >= 15 is 0 Å². The van der Waals surface area contributed by atoms with Crippen LogP contribution in [0, 0.1) is 0 Å². The van der Waals surface area contributed by atoms with E-state index in [0.29, 0.717) is 17.4 Å². The average Bonchev–Trinajstić information content (AvgIpc) is 2.65. The number of unbranched alkanes of at least 4 members (excludes halogenated alkanes) is 1. The molecule has 0 aromatic heterocycles. The summed E-state index contributed by atoms with van der Waals surface area (Å²) in [6, 6.07) is 13.2. The summed E-state index contributed by atoms with van der Waals surface area (Å²) >= 11 is 0. The monoisotopic (exact) mass is 361 g/mol. The van der Waals surface area contributed by atoms with Gasteiger partial charge in [0.25, 0.3) is 0 Å². The number of benzene rings is 2. The number of piperidine rings is 1. The zero-order valence-electron chi connectivity index (χ0n) is 14.9. The molecule has 0 amide bonds. The Kier molecular flexibility index (Phi) is 6.10. The Labute approximate surface area is 150 Å². The van der Waals surface area contributed by atoms with Crippen molar-refractivity contribution in [3.8, 4) is 0 Å². The highest BCUT2D eigenvalue weighted by atomic mass is 32.2. The van der Waals surface area contributed by atoms with Gasteiger partial charge in [0.05, 0.1) is 16.8 Å². The molecule has 2 aromatic rings. The Morgan fingerprint density at radius 2 is 1.76 bits per heavy atom. The van der Waals surface area contributed by atoms with Gasteiger partial charge < -0.3 is 9.64 Å². The maximum Gasteiger partial charge on any atom is 0.178 e. The van der Waals surface area contributed by atoms with Gasteiger partial charge in [0.1, 0.15) is 0 Å². The second kappa shape index (κ2) is 8.30. The third-order valence-electron chi connectivity index (χ3n) is 5.09. The first-order valence-corrected chi connectivity index (χ1v) is 10.7. The van der Waals surface area contributed by atoms with Gasteiger partial charge in [-0.3, -0.25) is 0 Å². The lowest BCUT2D eigenvalue weighted by Crippen LogP contribution is -2.37. The first-order chi connectivity index (χ1) is 12.1. The van der Waals surface area contributed by atoms with E-state index in [1.807, 2.05) is 36.4 Å². The van der Waals surface area contributed by atoms with Gasteiger partial charge in [-0.25, -0.2) is 8.42 Å². The molecule has 1 fully saturated rings. The van der Waals surface area contributed by atoms with E-state index in [1.54, 1.807) is 13.2 Å². The molecule has 0 radical (unpaired) electrons. The Hall–Kier alpha value is -1.43. The minimum Gasteiger partial charge on any atom is -0.381 e. The second-order valence-electron chi connectivity index (χ2n) is 6.78. The van der Waals surface area contributed by atoms with Crippen molar-refractivity contribution < 1.29 is 13.2 Å². The van der Waals surface area contributed by atoms with E-state index in [-0.39, 0.29) is 5.75 Å². The highest BCUT2D eigenvalue weighted by Gasteiger charge is 2.19. The van der Waals surface area contributed by atoms with Gasteiger partial charge in [-0.05, 0) is 43.7 Å². The smallest absolute Gasteiger partial charge is 0.178 e. The van der Waals surface area contributed by atoms with Crippen LogP contribution in [0.2, 0.25) is 0 Å². The minimum atomic E-state index is -3.24. The average molecular weight is 362 g/mol. The van der Waals surface area contributed by atoms with Crippen LogP contribution in [0.25, 0.3) is 10.8 Å². The largest absolute Gasteiger partial charge is 0.381 e. The molecule has 2 aromatic carbocycles. The summed E-state index contributed by atoms with van der Waals surface area (Å²) in [4.78, 5) is 2.88. The zero-order chi connectivity index (χ0) is 17.7. The molecule has 4 nitrogen and oxygen atoms in total. The van der Waals surface area contributed by atoms with Crippen molar-refractivity contribution in [2.24, 2.45) is 0 Å². The summed E-state index contributed by atoms with van der Waals surface area (Å²) in [5.41, 5.74) is 0. The number of rotatable bonds is 7. The summed E-state index contributed by atoms with van der Waals surface area (Å²) in [6.07, 6.45) is 4.16. The normalized spacial score (nSPS) is 17.2. The topological polar surface area (TPSA) is 46.6 Å². The number of ether oxygens (including phenoxy) is 1. The number of sulfone groups is 1. The first-order valence-electron chi connectivity index (χ1n) is 9.06. The highest BCUT2D eigenvalue weighted by Crippen LogP contribution is 2.24. The van der Waals surface area contributed by atoms with Crippen LogP contribution >= 0.6 is 0 Å². The number of fused-ring (bicyclic) bond motifs is 1. The van der Waals surface area contributed by atoms with Crippen molar-refractivity contribution in [2.75, 3.05) is 32.5 Å². The number of likely N-dealkylation sites (tertiary alicyclic amines) is 1. The van der Waals surface area contributed by atoms with Crippen LogP contribution < -0.4 is 0 Å². The van der Waals surface area contributed by atoms with Crippen molar-refractivity contribution in [1.82, 2.24) is 4.90 Å². The molecule has 1 aliphatic rings. The van der Waals surface area contributed by atoms with Crippen molar-refractivity contribution in [3.63, 3.8) is 0 Å². The maximum atomic E-state index is 12.7. The van der Waals surface area contributed by atoms with Crippen molar-refractivity contribution >= 4 is 20.6 Å². The Morgan fingerprint density at radius 1 is 1.04 bits per heavy atom. The molecule has 0 bridgehead atoms. The third-order valence-corrected chi connectivity index (χ3v) is 6.94. The lowest BCUT2D eigenvalue weighted by Gasteiger charge is -2.31. The van der Waals surface area contributed by atoms with Gasteiger partial charge >= 0.3 is 0 Å². The fourth-order valence-corrected chi connectivity index (χ4v) is 5.18. The molecule has 0 unspecified atom stereocenters. The van der Waals surface area contributed by atoms with E-state index in [2.05, 4.69) is 4.90 Å². The third kappa shape index (κ3) is 4.60. The molecule has 25 heavy (non-hydrogen) atoms. The quantitative estimate of drug-likeness (QED) is 0.708. The van der Waals surface area contributed by atoms with E-state index in [4.69, 9.17) is 4.74 Å². The summed E-state index contributed by atoms with van der Waals surface area (Å²) in [5.74, 6) is 0.218. The molecule has 0 N–H and O–H groups in total. The number of hydrogen-bond acceptors (Lipinski definition) is 4. The van der Waals surface area contributed by atoms with E-state index in [0.717, 1.165) is 49.7 Å². The predicted molar refractivity (Wildman–Crippen MR) is 102 cm³/mol. The SMILES string of the molecule is COC1CCN(CCCCS(=O)(=O)c2cccc3ccccc23)CC1. The molecular formula is C20H27NO3S. The standard InChI is InChI=1S/C20H27NO3S/c1-24-18-11-14-21(15-12-18)13-4-5-16-25(22,23)20-10-6-8-17-7-2-3-9-19(17)20/h2-3,6-10,18H,4-5,11-16H2,1H3. The highest BCUT2D eigenvalue weighted by molar-refractivity contribution is 7.91. The van der Waals surface area contributed by atoms with Crippen LogP contribution in [0.5, 0.6) is 0 Å². The molecule has 0 saturated carbocycles. The van der Waals surface area contributed by atoms with Gasteiger partial charge in [0.15, 0.2) is 9.84 Å². The van der Waals surface area contributed by atoms with E-state index in [9.17, 15) is 8.42 Å². The molecule has 0 spiro atoms. The Morgan fingerprint density at radius 3 is 2.52 bits per heavy atom. The first kappa shape index (κ1) is 18.4. The predicted octanol–water partition coefficient (Wildman–Crippen LogP) is 3.50. The molecule has 1 heterocycles. The minimum absolute atomic E-state index is 0.218. The van der Waals surface area contributed by atoms with E-state index < -0.39 is 9.84 Å². The lowest BCUT2D eigenvalue weighted by molar-refractivity contribution is 0.0408. The number of hydrogen-bond donors (Lipinski definition) is 0. The van der Waals surface area contributed by atoms with Crippen LogP contribution in [0.4, 0.5) is 0 Å². The number of methoxy groups -OCH3 is 1. The molecule has 3 rings (SSSR count). The van der Waals surface area contributed by atoms with Crippen molar-refractivity contribution in [1.29, 1.82) is 0 Å². The Balaban J connectivity index is 1.54. The van der Waals surface area contributed by atoms with Crippen LogP contribution in [0.3, 0.4) is 0 Å². The Bertz CT molecular complexity index is 790. The van der Waals surface area contributed by atoms with Crippen LogP contribution in [-0.4, -0.2) is 51.9 Å². The molecule has 136 valence electrons. The molecular weight excluding hydrogens is 334 g/mol. The fraction of sp³-hybridized carbons (Fsp3) is 0.500. The van der Waals surface area contributed by atoms with Gasteiger partial charge in [-0.2, -0.15) is 0 Å². The lowest BCUT2D eigenvalue weighted by atomic mass is 10.1. The van der Waals surface area contributed by atoms with Crippen LogP contribution in [-0.2, 0) is 14.6 Å². The summed E-state index contributed by atoms with van der Waals surface area (Å²) in [5, 5.41) is 1.80. The van der Waals surface area contributed by atoms with Crippen molar-refractivity contribution in [3.05, 3.63) is 42.5 Å². The van der Waals surface area contributed by atoms with E-state index in [1.165, 1.54) is 0 Å². The van der Waals surface area contributed by atoms with Crippen molar-refractivity contribution in [2.45, 2.75) is 36.7 Å². The second-order valence-corrected chi connectivity index (χ2v) is 8.86. The van der Waals surface area contributed by atoms with Gasteiger partial charge in [0.2, 0.25) is 0 Å². The fourth-order valence-electron chi connectivity index (χ4n) is 3.57. The van der Waals surface area contributed by atoms with Crippen LogP contribution in [0.1, 0.15) is 25.7 Å². The molecule has 1 saturated heterocycles. The van der Waals surface area contributed by atoms with Gasteiger partial charge in [0, 0.05) is 25.6 Å². The zero-order valence-corrected chi connectivity index (χ0v) is 15.7. The van der Waals surface area contributed by atoms with Gasteiger partial charge in [-0.15, -0.1) is 0 Å². The molecule has 0 aliphatic carbocycles. The summed E-state index contributed by atoms with van der Waals surface area (Å²) in [7, 11) is -1.46. The summed E-state index contributed by atoms with van der Waals surface area (Å²) < 4.78 is 30.9. The van der Waals surface area contributed by atoms with Gasteiger partial charge in [-0.1, -0.05) is 36.4 Å². The number of nitrogens with zero attached hydrogens (tertiary/aromatic N) is 1. The maximum absolute atomic E-state index is 12.7. The summed E-state index contributed by atoms with van der Waals surface area (Å²) in [6.45, 7) is 3.07. The molecule has 1 aliphatic heterocycles. The molecule has 0 atom stereocenters. The molecule has 5 heteroatoms. The van der Waals surface area contributed by atoms with Crippen LogP contribution in [0.15, 0.2) is 47.4 Å².